The molecule has 21 heavy (non-hydrogen) atoms. The Morgan fingerprint density at radius 2 is 1.71 bits per heavy atom. The highest BCUT2D eigenvalue weighted by Crippen LogP contribution is 2.22. The van der Waals surface area contributed by atoms with Crippen molar-refractivity contribution in [1.82, 2.24) is 0 Å². The third kappa shape index (κ3) is 3.76. The molecule has 1 aromatic carbocycles. The number of hydrogen-bond acceptors (Lipinski definition) is 3. The van der Waals surface area contributed by atoms with Gasteiger partial charge in [0.25, 0.3) is 0 Å². The Balaban J connectivity index is 2.00. The van der Waals surface area contributed by atoms with E-state index in [9.17, 15) is 4.79 Å². The summed E-state index contributed by atoms with van der Waals surface area (Å²) in [4.78, 5) is 14.6. The fourth-order valence-corrected chi connectivity index (χ4v) is 2.73. The van der Waals surface area contributed by atoms with E-state index in [0.717, 1.165) is 18.8 Å². The smallest absolute Gasteiger partial charge is 0.244 e. The van der Waals surface area contributed by atoms with Crippen molar-refractivity contribution >= 4 is 17.3 Å². The van der Waals surface area contributed by atoms with E-state index in [1.807, 2.05) is 26.0 Å². The predicted octanol–water partition coefficient (Wildman–Crippen LogP) is 3.13. The minimum absolute atomic E-state index is 0.0989. The van der Waals surface area contributed by atoms with E-state index >= 15 is 0 Å². The summed E-state index contributed by atoms with van der Waals surface area (Å²) in [6.07, 6.45) is 5.14. The molecule has 3 N–H and O–H groups in total. The molecule has 0 saturated carbocycles. The number of amides is 1. The maximum atomic E-state index is 12.2. The van der Waals surface area contributed by atoms with Crippen molar-refractivity contribution in [2.45, 2.75) is 51.5 Å². The van der Waals surface area contributed by atoms with Crippen molar-refractivity contribution in [1.29, 1.82) is 0 Å². The number of hydrogen-bond donors (Lipinski definition) is 2. The summed E-state index contributed by atoms with van der Waals surface area (Å²) in [6.45, 7) is 6.15. The highest BCUT2D eigenvalue weighted by Gasteiger charge is 2.29. The Hall–Kier alpha value is -1.55. The number of carbonyl (C=O) groups is 1. The normalized spacial score (nSPS) is 15.9. The molecule has 4 heteroatoms. The Morgan fingerprint density at radius 3 is 2.24 bits per heavy atom. The molecule has 1 amide bonds. The van der Waals surface area contributed by atoms with Crippen LogP contribution in [-0.2, 0) is 4.79 Å². The molecule has 0 aromatic heterocycles. The van der Waals surface area contributed by atoms with Crippen LogP contribution in [0.2, 0.25) is 0 Å². The molecule has 0 unspecified atom stereocenters. The van der Waals surface area contributed by atoms with Crippen molar-refractivity contribution in [3.8, 4) is 0 Å². The Labute approximate surface area is 127 Å². The first-order valence-electron chi connectivity index (χ1n) is 8.04. The van der Waals surface area contributed by atoms with Crippen molar-refractivity contribution in [3.05, 3.63) is 24.3 Å². The average Bonchev–Trinajstić information content (AvgIpc) is 2.55. The maximum Gasteiger partial charge on any atom is 0.244 e. The van der Waals surface area contributed by atoms with Crippen molar-refractivity contribution in [3.63, 3.8) is 0 Å². The molecule has 0 aliphatic carbocycles. The molecule has 2 rings (SSSR count). The van der Waals surface area contributed by atoms with Crippen LogP contribution in [-0.4, -0.2) is 24.5 Å². The summed E-state index contributed by atoms with van der Waals surface area (Å²) >= 11 is 0. The van der Waals surface area contributed by atoms with E-state index in [-0.39, 0.29) is 5.91 Å². The Morgan fingerprint density at radius 1 is 1.14 bits per heavy atom. The van der Waals surface area contributed by atoms with Crippen LogP contribution in [0, 0.1) is 0 Å². The van der Waals surface area contributed by atoms with E-state index in [1.165, 1.54) is 24.9 Å². The fourth-order valence-electron chi connectivity index (χ4n) is 2.73. The summed E-state index contributed by atoms with van der Waals surface area (Å²) in [5, 5.41) is 2.93. The van der Waals surface area contributed by atoms with Crippen LogP contribution in [0.15, 0.2) is 24.3 Å². The molecule has 1 aromatic rings. The third-order valence-electron chi connectivity index (χ3n) is 4.56. The zero-order valence-electron chi connectivity index (χ0n) is 13.2. The molecule has 0 spiro atoms. The van der Waals surface area contributed by atoms with E-state index < -0.39 is 5.54 Å². The molecule has 0 bridgehead atoms. The van der Waals surface area contributed by atoms with Gasteiger partial charge in [0.1, 0.15) is 0 Å². The highest BCUT2D eigenvalue weighted by atomic mass is 16.2. The number of nitrogens with zero attached hydrogens (tertiary/aromatic N) is 1. The SMILES string of the molecule is CCC(N)(CC)C(=O)Nc1ccc(N2CCCCC2)cc1. The summed E-state index contributed by atoms with van der Waals surface area (Å²) in [7, 11) is 0. The van der Waals surface area contributed by atoms with Crippen molar-refractivity contribution in [2.24, 2.45) is 5.73 Å². The van der Waals surface area contributed by atoms with Gasteiger partial charge in [-0.05, 0) is 56.4 Å². The number of benzene rings is 1. The third-order valence-corrected chi connectivity index (χ3v) is 4.56. The second-order valence-corrected chi connectivity index (χ2v) is 5.91. The first kappa shape index (κ1) is 15.8. The van der Waals surface area contributed by atoms with Crippen LogP contribution in [0.3, 0.4) is 0 Å². The molecule has 0 atom stereocenters. The lowest BCUT2D eigenvalue weighted by atomic mass is 9.93. The van der Waals surface area contributed by atoms with Crippen molar-refractivity contribution < 1.29 is 4.79 Å². The zero-order valence-corrected chi connectivity index (χ0v) is 13.2. The summed E-state index contributed by atoms with van der Waals surface area (Å²) in [5.41, 5.74) is 7.39. The molecular weight excluding hydrogens is 262 g/mol. The van der Waals surface area contributed by atoms with Gasteiger partial charge >= 0.3 is 0 Å². The monoisotopic (exact) mass is 289 g/mol. The van der Waals surface area contributed by atoms with E-state index in [4.69, 9.17) is 5.73 Å². The van der Waals surface area contributed by atoms with Crippen LogP contribution in [0.5, 0.6) is 0 Å². The molecular formula is C17H27N3O. The van der Waals surface area contributed by atoms with Gasteiger partial charge in [0.15, 0.2) is 0 Å². The summed E-state index contributed by atoms with van der Waals surface area (Å²) in [6, 6.07) is 8.09. The topological polar surface area (TPSA) is 58.4 Å². The quantitative estimate of drug-likeness (QED) is 0.875. The minimum atomic E-state index is -0.772. The highest BCUT2D eigenvalue weighted by molar-refractivity contribution is 5.98. The van der Waals surface area contributed by atoms with Crippen LogP contribution in [0.1, 0.15) is 46.0 Å². The summed E-state index contributed by atoms with van der Waals surface area (Å²) in [5.74, 6) is -0.0989. The molecule has 116 valence electrons. The van der Waals surface area contributed by atoms with E-state index in [2.05, 4.69) is 22.3 Å². The molecule has 0 radical (unpaired) electrons. The van der Waals surface area contributed by atoms with Gasteiger partial charge in [0.2, 0.25) is 5.91 Å². The number of anilines is 2. The molecule has 1 fully saturated rings. The first-order chi connectivity index (χ1) is 10.1. The van der Waals surface area contributed by atoms with Gasteiger partial charge < -0.3 is 16.0 Å². The van der Waals surface area contributed by atoms with Gasteiger partial charge in [-0.1, -0.05) is 13.8 Å². The molecule has 1 heterocycles. The largest absolute Gasteiger partial charge is 0.372 e. The van der Waals surface area contributed by atoms with Gasteiger partial charge in [0.05, 0.1) is 5.54 Å². The summed E-state index contributed by atoms with van der Waals surface area (Å²) < 4.78 is 0. The van der Waals surface area contributed by atoms with E-state index in [1.54, 1.807) is 0 Å². The second kappa shape index (κ2) is 6.94. The number of nitrogens with one attached hydrogen (secondary N) is 1. The zero-order chi connectivity index (χ0) is 15.3. The predicted molar refractivity (Wildman–Crippen MR) is 88.6 cm³/mol. The van der Waals surface area contributed by atoms with Crippen LogP contribution in [0.4, 0.5) is 11.4 Å². The minimum Gasteiger partial charge on any atom is -0.372 e. The number of rotatable bonds is 5. The lowest BCUT2D eigenvalue weighted by Crippen LogP contribution is -2.50. The van der Waals surface area contributed by atoms with Crippen LogP contribution >= 0.6 is 0 Å². The number of nitrogens with two attached hydrogens (primary N) is 1. The maximum absolute atomic E-state index is 12.2. The molecule has 1 saturated heterocycles. The van der Waals surface area contributed by atoms with Crippen LogP contribution in [0.25, 0.3) is 0 Å². The average molecular weight is 289 g/mol. The molecule has 1 aliphatic heterocycles. The first-order valence-corrected chi connectivity index (χ1v) is 8.04. The number of piperidine rings is 1. The van der Waals surface area contributed by atoms with Gasteiger partial charge in [-0.2, -0.15) is 0 Å². The van der Waals surface area contributed by atoms with Gasteiger partial charge in [-0.3, -0.25) is 4.79 Å². The standard InChI is InChI=1S/C17H27N3O/c1-3-17(18,4-2)16(21)19-14-8-10-15(11-9-14)20-12-6-5-7-13-20/h8-11H,3-7,12-13,18H2,1-2H3,(H,19,21). The van der Waals surface area contributed by atoms with Gasteiger partial charge in [-0.25, -0.2) is 0 Å². The number of carbonyl (C=O) groups excluding carboxylic acids is 1. The second-order valence-electron chi connectivity index (χ2n) is 5.91. The molecule has 4 nitrogen and oxygen atoms in total. The van der Waals surface area contributed by atoms with Gasteiger partial charge in [-0.15, -0.1) is 0 Å². The van der Waals surface area contributed by atoms with Gasteiger partial charge in [0, 0.05) is 24.5 Å². The van der Waals surface area contributed by atoms with E-state index in [0.29, 0.717) is 12.8 Å². The lowest BCUT2D eigenvalue weighted by molar-refractivity contribution is -0.121. The molecule has 1 aliphatic rings. The van der Waals surface area contributed by atoms with Crippen LogP contribution < -0.4 is 16.0 Å². The fraction of sp³-hybridized carbons (Fsp3) is 0.588. The Bertz CT molecular complexity index is 459. The lowest BCUT2D eigenvalue weighted by Gasteiger charge is -2.29. The van der Waals surface area contributed by atoms with Crippen molar-refractivity contribution in [2.75, 3.05) is 23.3 Å². The Kier molecular flexibility index (Phi) is 5.23.